The van der Waals surface area contributed by atoms with Crippen molar-refractivity contribution in [3.63, 3.8) is 0 Å². The molecule has 1 aromatic heterocycles. The molecule has 120 valence electrons. The molecule has 0 spiro atoms. The van der Waals surface area contributed by atoms with Crippen LogP contribution in [0.4, 0.5) is 5.82 Å². The van der Waals surface area contributed by atoms with Gasteiger partial charge in [0.2, 0.25) is 0 Å². The Morgan fingerprint density at radius 3 is 2.57 bits per heavy atom. The van der Waals surface area contributed by atoms with E-state index in [2.05, 4.69) is 71.8 Å². The Hall–Kier alpha value is -0.650. The summed E-state index contributed by atoms with van der Waals surface area (Å²) >= 11 is 3.52. The molecule has 0 aliphatic rings. The minimum Gasteiger partial charge on any atom is -0.383 e. The molecule has 0 unspecified atom stereocenters. The van der Waals surface area contributed by atoms with Crippen molar-refractivity contribution in [1.29, 1.82) is 0 Å². The predicted octanol–water partition coefficient (Wildman–Crippen LogP) is 3.59. The Labute approximate surface area is 137 Å². The molecule has 1 N–H and O–H groups in total. The van der Waals surface area contributed by atoms with E-state index < -0.39 is 0 Å². The molecule has 0 aliphatic carbocycles. The van der Waals surface area contributed by atoms with Gasteiger partial charge in [-0.3, -0.25) is 0 Å². The lowest BCUT2D eigenvalue weighted by atomic mass is 10.1. The summed E-state index contributed by atoms with van der Waals surface area (Å²) in [6.45, 7) is 13.2. The largest absolute Gasteiger partial charge is 0.383 e. The van der Waals surface area contributed by atoms with Gasteiger partial charge in [-0.15, -0.1) is 0 Å². The summed E-state index contributed by atoms with van der Waals surface area (Å²) < 4.78 is 6.23. The summed E-state index contributed by atoms with van der Waals surface area (Å²) in [5.74, 6) is 1.03. The van der Waals surface area contributed by atoms with Gasteiger partial charge in [-0.25, -0.2) is 4.98 Å². The standard InChI is InChI=1S/C16H28BrN3O/c1-12(2)20(7-8-21-6)15-13(9-14(17)11-18-15)10-19-16(3,4)5/h9,11-12,19H,7-8,10H2,1-6H3. The fourth-order valence-electron chi connectivity index (χ4n) is 2.02. The molecule has 1 rings (SSSR count). The molecule has 0 saturated heterocycles. The molecular weight excluding hydrogens is 330 g/mol. The molecule has 0 aliphatic heterocycles. The molecule has 1 aromatic rings. The second-order valence-electron chi connectivity index (χ2n) is 6.52. The monoisotopic (exact) mass is 357 g/mol. The molecule has 21 heavy (non-hydrogen) atoms. The molecule has 0 bridgehead atoms. The van der Waals surface area contributed by atoms with E-state index in [-0.39, 0.29) is 5.54 Å². The van der Waals surface area contributed by atoms with Crippen LogP contribution in [-0.2, 0) is 11.3 Å². The lowest BCUT2D eigenvalue weighted by Crippen LogP contribution is -2.38. The van der Waals surface area contributed by atoms with Gasteiger partial charge in [-0.2, -0.15) is 0 Å². The van der Waals surface area contributed by atoms with Gasteiger partial charge in [-0.1, -0.05) is 0 Å². The summed E-state index contributed by atoms with van der Waals surface area (Å²) in [7, 11) is 1.73. The zero-order valence-corrected chi connectivity index (χ0v) is 15.6. The Bertz CT molecular complexity index is 444. The summed E-state index contributed by atoms with van der Waals surface area (Å²) in [5.41, 5.74) is 1.28. The second kappa shape index (κ2) is 8.11. The zero-order valence-electron chi connectivity index (χ0n) is 14.0. The van der Waals surface area contributed by atoms with E-state index >= 15 is 0 Å². The topological polar surface area (TPSA) is 37.4 Å². The van der Waals surface area contributed by atoms with Crippen molar-refractivity contribution in [2.75, 3.05) is 25.2 Å². The highest BCUT2D eigenvalue weighted by Crippen LogP contribution is 2.24. The van der Waals surface area contributed by atoms with Crippen LogP contribution in [0.15, 0.2) is 16.7 Å². The number of ether oxygens (including phenoxy) is 1. The van der Waals surface area contributed by atoms with Gasteiger partial charge in [0.25, 0.3) is 0 Å². The Morgan fingerprint density at radius 1 is 1.38 bits per heavy atom. The highest BCUT2D eigenvalue weighted by atomic mass is 79.9. The molecule has 5 heteroatoms. The Balaban J connectivity index is 3.02. The first kappa shape index (κ1) is 18.4. The molecule has 4 nitrogen and oxygen atoms in total. The van der Waals surface area contributed by atoms with Crippen LogP contribution < -0.4 is 10.2 Å². The van der Waals surface area contributed by atoms with Gasteiger partial charge < -0.3 is 15.0 Å². The molecule has 0 radical (unpaired) electrons. The number of nitrogens with zero attached hydrogens (tertiary/aromatic N) is 2. The number of aromatic nitrogens is 1. The average Bonchev–Trinajstić information content (AvgIpc) is 2.37. The van der Waals surface area contributed by atoms with Crippen molar-refractivity contribution < 1.29 is 4.74 Å². The third-order valence-corrected chi connectivity index (χ3v) is 3.58. The second-order valence-corrected chi connectivity index (χ2v) is 7.44. The fourth-order valence-corrected chi connectivity index (χ4v) is 2.40. The molecule has 0 aromatic carbocycles. The lowest BCUT2D eigenvalue weighted by Gasteiger charge is -2.30. The number of hydrogen-bond donors (Lipinski definition) is 1. The van der Waals surface area contributed by atoms with Crippen molar-refractivity contribution in [2.24, 2.45) is 0 Å². The summed E-state index contributed by atoms with van der Waals surface area (Å²) in [6, 6.07) is 2.52. The van der Waals surface area contributed by atoms with E-state index in [4.69, 9.17) is 4.74 Å². The van der Waals surface area contributed by atoms with Crippen LogP contribution in [0.2, 0.25) is 0 Å². The van der Waals surface area contributed by atoms with Crippen LogP contribution in [0, 0.1) is 0 Å². The summed E-state index contributed by atoms with van der Waals surface area (Å²) in [6.07, 6.45) is 1.86. The number of pyridine rings is 1. The normalized spacial score (nSPS) is 12.0. The maximum absolute atomic E-state index is 5.23. The maximum Gasteiger partial charge on any atom is 0.133 e. The summed E-state index contributed by atoms with van der Waals surface area (Å²) in [4.78, 5) is 6.92. The molecule has 0 saturated carbocycles. The third kappa shape index (κ3) is 6.32. The predicted molar refractivity (Wildman–Crippen MR) is 92.9 cm³/mol. The molecular formula is C16H28BrN3O. The van der Waals surface area contributed by atoms with Crippen LogP contribution in [0.5, 0.6) is 0 Å². The van der Waals surface area contributed by atoms with Crippen molar-refractivity contribution in [2.45, 2.75) is 52.7 Å². The number of halogens is 1. The quantitative estimate of drug-likeness (QED) is 0.808. The van der Waals surface area contributed by atoms with Crippen LogP contribution in [-0.4, -0.2) is 36.8 Å². The van der Waals surface area contributed by atoms with E-state index in [1.807, 2.05) is 6.20 Å². The number of rotatable bonds is 7. The van der Waals surface area contributed by atoms with E-state index in [1.165, 1.54) is 5.56 Å². The first-order valence-corrected chi connectivity index (χ1v) is 8.19. The van der Waals surface area contributed by atoms with E-state index in [1.54, 1.807) is 7.11 Å². The lowest BCUT2D eigenvalue weighted by molar-refractivity contribution is 0.203. The van der Waals surface area contributed by atoms with Crippen molar-refractivity contribution in [1.82, 2.24) is 10.3 Å². The van der Waals surface area contributed by atoms with Gasteiger partial charge >= 0.3 is 0 Å². The van der Waals surface area contributed by atoms with Crippen molar-refractivity contribution in [3.8, 4) is 0 Å². The SMILES string of the molecule is COCCN(c1ncc(Br)cc1CNC(C)(C)C)C(C)C. The molecule has 0 fully saturated rings. The fraction of sp³-hybridized carbons (Fsp3) is 0.688. The van der Waals surface area contributed by atoms with Crippen LogP contribution in [0.25, 0.3) is 0 Å². The van der Waals surface area contributed by atoms with E-state index in [9.17, 15) is 0 Å². The molecule has 1 heterocycles. The van der Waals surface area contributed by atoms with Crippen molar-refractivity contribution in [3.05, 3.63) is 22.3 Å². The maximum atomic E-state index is 5.23. The zero-order chi connectivity index (χ0) is 16.0. The number of hydrogen-bond acceptors (Lipinski definition) is 4. The number of nitrogens with one attached hydrogen (secondary N) is 1. The molecule has 0 atom stereocenters. The van der Waals surface area contributed by atoms with Gasteiger partial charge in [0.1, 0.15) is 5.82 Å². The number of methoxy groups -OCH3 is 1. The smallest absolute Gasteiger partial charge is 0.133 e. The van der Waals surface area contributed by atoms with Crippen LogP contribution >= 0.6 is 15.9 Å². The van der Waals surface area contributed by atoms with Crippen LogP contribution in [0.1, 0.15) is 40.2 Å². The van der Waals surface area contributed by atoms with Gasteiger partial charge in [0.15, 0.2) is 0 Å². The Kier molecular flexibility index (Phi) is 7.10. The first-order chi connectivity index (χ1) is 9.74. The van der Waals surface area contributed by atoms with E-state index in [0.717, 1.165) is 23.4 Å². The average molecular weight is 358 g/mol. The third-order valence-electron chi connectivity index (χ3n) is 3.15. The number of anilines is 1. The van der Waals surface area contributed by atoms with Gasteiger partial charge in [-0.05, 0) is 56.6 Å². The minimum atomic E-state index is 0.0782. The van der Waals surface area contributed by atoms with Gasteiger partial charge in [0.05, 0.1) is 6.61 Å². The van der Waals surface area contributed by atoms with Crippen molar-refractivity contribution >= 4 is 21.7 Å². The summed E-state index contributed by atoms with van der Waals surface area (Å²) in [5, 5.41) is 3.54. The molecule has 0 amide bonds. The highest BCUT2D eigenvalue weighted by molar-refractivity contribution is 9.10. The van der Waals surface area contributed by atoms with E-state index in [0.29, 0.717) is 12.6 Å². The van der Waals surface area contributed by atoms with Crippen LogP contribution in [0.3, 0.4) is 0 Å². The first-order valence-electron chi connectivity index (χ1n) is 7.39. The highest BCUT2D eigenvalue weighted by Gasteiger charge is 2.18. The Morgan fingerprint density at radius 2 is 2.05 bits per heavy atom. The minimum absolute atomic E-state index is 0.0782. The van der Waals surface area contributed by atoms with Gasteiger partial charge in [0, 0.05) is 48.0 Å².